The first-order valence-electron chi connectivity index (χ1n) is 9.15. The molecule has 138 valence electrons. The van der Waals surface area contributed by atoms with Gasteiger partial charge in [0.1, 0.15) is 6.04 Å². The van der Waals surface area contributed by atoms with Crippen molar-refractivity contribution in [3.05, 3.63) is 71.3 Å². The van der Waals surface area contributed by atoms with Crippen LogP contribution in [0.1, 0.15) is 30.0 Å². The number of benzene rings is 2. The fourth-order valence-corrected chi connectivity index (χ4v) is 3.16. The molecule has 4 heteroatoms. The van der Waals surface area contributed by atoms with Crippen molar-refractivity contribution in [2.24, 2.45) is 0 Å². The van der Waals surface area contributed by atoms with Gasteiger partial charge in [0, 0.05) is 13.6 Å². The molecule has 0 aromatic heterocycles. The zero-order valence-corrected chi connectivity index (χ0v) is 15.9. The van der Waals surface area contributed by atoms with Crippen LogP contribution in [0.2, 0.25) is 0 Å². The van der Waals surface area contributed by atoms with Gasteiger partial charge in [-0.05, 0) is 30.9 Å². The average Bonchev–Trinajstić information content (AvgIpc) is 2.65. The van der Waals surface area contributed by atoms with Crippen LogP contribution in [0.15, 0.2) is 54.6 Å². The summed E-state index contributed by atoms with van der Waals surface area (Å²) in [7, 11) is 1.62. The lowest BCUT2D eigenvalue weighted by molar-refractivity contribution is -0.140. The zero-order chi connectivity index (χ0) is 18.9. The third kappa shape index (κ3) is 5.45. The summed E-state index contributed by atoms with van der Waals surface area (Å²) in [6.45, 7) is 4.48. The Hall–Kier alpha value is -2.62. The van der Waals surface area contributed by atoms with Crippen molar-refractivity contribution in [3.63, 3.8) is 0 Å². The molecule has 0 spiro atoms. The maximum Gasteiger partial charge on any atom is 0.242 e. The first-order chi connectivity index (χ1) is 12.5. The minimum absolute atomic E-state index is 0.0121. The van der Waals surface area contributed by atoms with Crippen molar-refractivity contribution < 1.29 is 9.59 Å². The minimum Gasteiger partial charge on any atom is -0.357 e. The third-order valence-corrected chi connectivity index (χ3v) is 4.55. The molecule has 0 saturated carbocycles. The monoisotopic (exact) mass is 352 g/mol. The molecule has 1 atom stereocenters. The summed E-state index contributed by atoms with van der Waals surface area (Å²) in [5, 5.41) is 2.69. The van der Waals surface area contributed by atoms with Gasteiger partial charge >= 0.3 is 0 Å². The molecule has 0 heterocycles. The smallest absolute Gasteiger partial charge is 0.242 e. The largest absolute Gasteiger partial charge is 0.357 e. The fourth-order valence-electron chi connectivity index (χ4n) is 3.16. The number of rotatable bonds is 8. The lowest BCUT2D eigenvalue weighted by Crippen LogP contribution is -2.49. The molecular formula is C22H28N2O2. The molecule has 0 bridgehead atoms. The molecular weight excluding hydrogens is 324 g/mol. The molecule has 4 nitrogen and oxygen atoms in total. The van der Waals surface area contributed by atoms with Crippen molar-refractivity contribution in [2.75, 3.05) is 13.6 Å². The molecule has 0 aliphatic carbocycles. The molecule has 1 N–H and O–H groups in total. The van der Waals surface area contributed by atoms with E-state index in [4.69, 9.17) is 0 Å². The summed E-state index contributed by atoms with van der Waals surface area (Å²) in [6.07, 6.45) is 1.63. The van der Waals surface area contributed by atoms with Crippen LogP contribution in [0.3, 0.4) is 0 Å². The van der Waals surface area contributed by atoms with Crippen LogP contribution in [0.5, 0.6) is 0 Å². The van der Waals surface area contributed by atoms with Crippen LogP contribution in [0, 0.1) is 6.92 Å². The van der Waals surface area contributed by atoms with Gasteiger partial charge in [0.2, 0.25) is 11.8 Å². The second kappa shape index (κ2) is 9.76. The Morgan fingerprint density at radius 1 is 1.04 bits per heavy atom. The molecule has 2 rings (SSSR count). The molecule has 0 unspecified atom stereocenters. The summed E-state index contributed by atoms with van der Waals surface area (Å²) in [5.74, 6) is -0.125. The van der Waals surface area contributed by atoms with E-state index in [1.807, 2.05) is 68.4 Å². The van der Waals surface area contributed by atoms with Crippen molar-refractivity contribution in [3.8, 4) is 0 Å². The van der Waals surface area contributed by atoms with E-state index in [2.05, 4.69) is 5.32 Å². The van der Waals surface area contributed by atoms with Gasteiger partial charge in [0.05, 0.1) is 6.42 Å². The van der Waals surface area contributed by atoms with Gasteiger partial charge in [-0.15, -0.1) is 0 Å². The molecule has 0 aliphatic heterocycles. The first-order valence-corrected chi connectivity index (χ1v) is 9.15. The van der Waals surface area contributed by atoms with E-state index in [1.165, 1.54) is 0 Å². The first kappa shape index (κ1) is 19.7. The van der Waals surface area contributed by atoms with Gasteiger partial charge in [-0.1, -0.05) is 67.1 Å². The Kier molecular flexibility index (Phi) is 7.39. The number of hydrogen-bond donors (Lipinski definition) is 1. The normalized spacial score (nSPS) is 11.7. The maximum absolute atomic E-state index is 13.0. The summed E-state index contributed by atoms with van der Waals surface area (Å²) in [4.78, 5) is 27.0. The molecule has 2 amide bonds. The summed E-state index contributed by atoms with van der Waals surface area (Å²) in [5.41, 5.74) is 3.27. The predicted octanol–water partition coefficient (Wildman–Crippen LogP) is 3.13. The van der Waals surface area contributed by atoms with Crippen LogP contribution in [0.4, 0.5) is 0 Å². The van der Waals surface area contributed by atoms with Gasteiger partial charge in [0.15, 0.2) is 0 Å². The van der Waals surface area contributed by atoms with E-state index in [-0.39, 0.29) is 11.8 Å². The van der Waals surface area contributed by atoms with Crippen molar-refractivity contribution in [2.45, 2.75) is 39.2 Å². The Labute approximate surface area is 156 Å². The molecule has 0 radical (unpaired) electrons. The summed E-state index contributed by atoms with van der Waals surface area (Å²) >= 11 is 0. The number of amides is 2. The molecule has 26 heavy (non-hydrogen) atoms. The maximum atomic E-state index is 13.0. The number of carbonyl (C=O) groups excluding carboxylic acids is 2. The predicted molar refractivity (Wildman–Crippen MR) is 105 cm³/mol. The van der Waals surface area contributed by atoms with Crippen LogP contribution < -0.4 is 5.32 Å². The van der Waals surface area contributed by atoms with E-state index < -0.39 is 6.04 Å². The fraction of sp³-hybridized carbons (Fsp3) is 0.364. The van der Waals surface area contributed by atoms with Gasteiger partial charge < -0.3 is 10.2 Å². The van der Waals surface area contributed by atoms with Crippen LogP contribution in [0.25, 0.3) is 0 Å². The highest BCUT2D eigenvalue weighted by atomic mass is 16.2. The Bertz CT molecular complexity index is 728. The Morgan fingerprint density at radius 3 is 2.35 bits per heavy atom. The quantitative estimate of drug-likeness (QED) is 0.793. The lowest BCUT2D eigenvalue weighted by Gasteiger charge is -2.30. The van der Waals surface area contributed by atoms with E-state index >= 15 is 0 Å². The Balaban J connectivity index is 2.17. The summed E-state index contributed by atoms with van der Waals surface area (Å²) in [6, 6.07) is 17.6. The number of likely N-dealkylation sites (N-methyl/N-ethyl adjacent to an activating group) is 1. The highest BCUT2D eigenvalue weighted by Crippen LogP contribution is 2.13. The standard InChI is InChI=1S/C22H28N2O2/c1-4-20(22(26)23-3)24(14-13-18-10-6-5-7-11-18)21(25)16-19-12-8-9-17(2)15-19/h5-12,15,20H,4,13-14,16H2,1-3H3,(H,23,26)/t20-/m0/s1. The average molecular weight is 352 g/mol. The SMILES string of the molecule is CC[C@@H](C(=O)NC)N(CCc1ccccc1)C(=O)Cc1cccc(C)c1. The molecule has 0 fully saturated rings. The van der Waals surface area contributed by atoms with Gasteiger partial charge in [-0.2, -0.15) is 0 Å². The van der Waals surface area contributed by atoms with Gasteiger partial charge in [-0.3, -0.25) is 9.59 Å². The van der Waals surface area contributed by atoms with Crippen LogP contribution in [-0.4, -0.2) is 36.3 Å². The number of nitrogens with one attached hydrogen (secondary N) is 1. The van der Waals surface area contributed by atoms with Gasteiger partial charge in [0.25, 0.3) is 0 Å². The van der Waals surface area contributed by atoms with E-state index in [9.17, 15) is 9.59 Å². The highest BCUT2D eigenvalue weighted by molar-refractivity contribution is 5.88. The molecule has 0 aliphatic rings. The number of nitrogens with zero attached hydrogens (tertiary/aromatic N) is 1. The molecule has 0 saturated heterocycles. The van der Waals surface area contributed by atoms with E-state index in [0.717, 1.165) is 23.1 Å². The van der Waals surface area contributed by atoms with Crippen molar-refractivity contribution >= 4 is 11.8 Å². The van der Waals surface area contributed by atoms with Crippen molar-refractivity contribution in [1.82, 2.24) is 10.2 Å². The van der Waals surface area contributed by atoms with E-state index in [1.54, 1.807) is 11.9 Å². The molecule has 2 aromatic rings. The second-order valence-electron chi connectivity index (χ2n) is 6.53. The molecule has 2 aromatic carbocycles. The zero-order valence-electron chi connectivity index (χ0n) is 15.9. The Morgan fingerprint density at radius 2 is 1.73 bits per heavy atom. The highest BCUT2D eigenvalue weighted by Gasteiger charge is 2.27. The minimum atomic E-state index is -0.443. The third-order valence-electron chi connectivity index (χ3n) is 4.55. The van der Waals surface area contributed by atoms with Crippen LogP contribution >= 0.6 is 0 Å². The topological polar surface area (TPSA) is 49.4 Å². The van der Waals surface area contributed by atoms with Crippen molar-refractivity contribution in [1.29, 1.82) is 0 Å². The number of carbonyl (C=O) groups is 2. The second-order valence-corrected chi connectivity index (χ2v) is 6.53. The van der Waals surface area contributed by atoms with Crippen LogP contribution in [-0.2, 0) is 22.4 Å². The lowest BCUT2D eigenvalue weighted by atomic mass is 10.1. The summed E-state index contributed by atoms with van der Waals surface area (Å²) < 4.78 is 0. The number of hydrogen-bond acceptors (Lipinski definition) is 2. The van der Waals surface area contributed by atoms with Gasteiger partial charge in [-0.25, -0.2) is 0 Å². The number of aryl methyl sites for hydroxylation is 1. The van der Waals surface area contributed by atoms with E-state index in [0.29, 0.717) is 19.4 Å².